The lowest BCUT2D eigenvalue weighted by atomic mass is 10.1. The molecule has 4 nitrogen and oxygen atoms in total. The molecule has 0 saturated carbocycles. The lowest BCUT2D eigenvalue weighted by Gasteiger charge is -2.10. The summed E-state index contributed by atoms with van der Waals surface area (Å²) in [4.78, 5) is 24.0. The molecule has 0 saturated heterocycles. The molecular formula is C22H16ClNO3. The number of hydrogen-bond donors (Lipinski definition) is 2. The third-order valence-electron chi connectivity index (χ3n) is 3.91. The molecule has 0 heterocycles. The molecule has 0 unspecified atom stereocenters. The highest BCUT2D eigenvalue weighted by atomic mass is 35.5. The molecule has 0 aliphatic rings. The van der Waals surface area contributed by atoms with Gasteiger partial charge in [0.25, 0.3) is 5.91 Å². The van der Waals surface area contributed by atoms with Crippen molar-refractivity contribution in [2.24, 2.45) is 0 Å². The van der Waals surface area contributed by atoms with Gasteiger partial charge in [-0.15, -0.1) is 0 Å². The fourth-order valence-corrected chi connectivity index (χ4v) is 2.77. The van der Waals surface area contributed by atoms with E-state index in [2.05, 4.69) is 5.32 Å². The van der Waals surface area contributed by atoms with E-state index in [1.165, 1.54) is 6.07 Å². The van der Waals surface area contributed by atoms with E-state index in [-0.39, 0.29) is 16.8 Å². The summed E-state index contributed by atoms with van der Waals surface area (Å²) in [7, 11) is 0. The number of anilines is 1. The van der Waals surface area contributed by atoms with Crippen LogP contribution >= 0.6 is 11.6 Å². The average Bonchev–Trinajstić information content (AvgIpc) is 2.67. The zero-order chi connectivity index (χ0) is 19.2. The van der Waals surface area contributed by atoms with Crippen LogP contribution < -0.4 is 5.32 Å². The van der Waals surface area contributed by atoms with Crippen LogP contribution in [0.4, 0.5) is 5.69 Å². The Hall–Kier alpha value is -3.37. The van der Waals surface area contributed by atoms with Gasteiger partial charge < -0.3 is 10.4 Å². The number of carboxylic acid groups (broad SMARTS) is 1. The largest absolute Gasteiger partial charge is 0.478 e. The molecule has 0 bridgehead atoms. The minimum atomic E-state index is -1.12. The van der Waals surface area contributed by atoms with Gasteiger partial charge in [-0.2, -0.15) is 0 Å². The molecule has 0 atom stereocenters. The third-order valence-corrected chi connectivity index (χ3v) is 4.24. The predicted molar refractivity (Wildman–Crippen MR) is 108 cm³/mol. The molecule has 3 aromatic rings. The van der Waals surface area contributed by atoms with Crippen LogP contribution in [0.2, 0.25) is 5.02 Å². The van der Waals surface area contributed by atoms with Crippen LogP contribution in [0.5, 0.6) is 0 Å². The Bertz CT molecular complexity index is 1010. The SMILES string of the molecule is O=C(Nc1cc(C=Cc2ccccc2)ccc1C(=O)O)c1ccccc1Cl. The topological polar surface area (TPSA) is 66.4 Å². The van der Waals surface area contributed by atoms with Crippen molar-refractivity contribution in [3.8, 4) is 0 Å². The van der Waals surface area contributed by atoms with Crippen molar-refractivity contribution in [1.29, 1.82) is 0 Å². The summed E-state index contributed by atoms with van der Waals surface area (Å²) in [5.74, 6) is -1.59. The number of benzene rings is 3. The van der Waals surface area contributed by atoms with Crippen LogP contribution in [0.1, 0.15) is 31.8 Å². The first-order valence-corrected chi connectivity index (χ1v) is 8.59. The number of carbonyl (C=O) groups excluding carboxylic acids is 1. The maximum atomic E-state index is 12.5. The Kier molecular flexibility index (Phi) is 5.69. The predicted octanol–water partition coefficient (Wildman–Crippen LogP) is 5.46. The maximum Gasteiger partial charge on any atom is 0.337 e. The third kappa shape index (κ3) is 4.63. The molecule has 27 heavy (non-hydrogen) atoms. The molecule has 0 radical (unpaired) electrons. The Morgan fingerprint density at radius 1 is 0.815 bits per heavy atom. The van der Waals surface area contributed by atoms with Gasteiger partial charge in [0.15, 0.2) is 0 Å². The highest BCUT2D eigenvalue weighted by Crippen LogP contribution is 2.22. The highest BCUT2D eigenvalue weighted by Gasteiger charge is 2.15. The number of carbonyl (C=O) groups is 2. The van der Waals surface area contributed by atoms with Crippen LogP contribution in [0, 0.1) is 0 Å². The first-order chi connectivity index (χ1) is 13.0. The summed E-state index contributed by atoms with van der Waals surface area (Å²) < 4.78 is 0. The summed E-state index contributed by atoms with van der Waals surface area (Å²) in [6.07, 6.45) is 3.77. The van der Waals surface area contributed by atoms with E-state index in [9.17, 15) is 14.7 Å². The van der Waals surface area contributed by atoms with Crippen molar-refractivity contribution in [3.63, 3.8) is 0 Å². The highest BCUT2D eigenvalue weighted by molar-refractivity contribution is 6.34. The van der Waals surface area contributed by atoms with Gasteiger partial charge in [0, 0.05) is 0 Å². The van der Waals surface area contributed by atoms with Crippen molar-refractivity contribution < 1.29 is 14.7 Å². The standard InChI is InChI=1S/C22H16ClNO3/c23-19-9-5-4-8-17(19)21(25)24-20-14-16(12-13-18(20)22(26)27)11-10-15-6-2-1-3-7-15/h1-14H,(H,24,25)(H,26,27). The molecule has 0 fully saturated rings. The number of carboxylic acids is 1. The van der Waals surface area contributed by atoms with E-state index >= 15 is 0 Å². The summed E-state index contributed by atoms with van der Waals surface area (Å²) in [5.41, 5.74) is 2.27. The smallest absolute Gasteiger partial charge is 0.337 e. The second kappa shape index (κ2) is 8.34. The van der Waals surface area contributed by atoms with Crippen molar-refractivity contribution in [1.82, 2.24) is 0 Å². The Balaban J connectivity index is 1.90. The molecule has 0 aliphatic heterocycles. The summed E-state index contributed by atoms with van der Waals surface area (Å²) in [6.45, 7) is 0. The molecule has 0 spiro atoms. The molecule has 3 aromatic carbocycles. The zero-order valence-electron chi connectivity index (χ0n) is 14.2. The van der Waals surface area contributed by atoms with Crippen molar-refractivity contribution in [2.45, 2.75) is 0 Å². The van der Waals surface area contributed by atoms with E-state index in [0.717, 1.165) is 11.1 Å². The Morgan fingerprint density at radius 3 is 2.19 bits per heavy atom. The maximum absolute atomic E-state index is 12.5. The van der Waals surface area contributed by atoms with Crippen LogP contribution in [0.15, 0.2) is 72.8 Å². The quantitative estimate of drug-likeness (QED) is 0.580. The van der Waals surface area contributed by atoms with Crippen molar-refractivity contribution >= 4 is 41.3 Å². The summed E-state index contributed by atoms with van der Waals surface area (Å²) in [5, 5.41) is 12.4. The summed E-state index contributed by atoms with van der Waals surface area (Å²) >= 11 is 6.05. The lowest BCUT2D eigenvalue weighted by molar-refractivity contribution is 0.0698. The number of aromatic carboxylic acids is 1. The van der Waals surface area contributed by atoms with E-state index in [1.54, 1.807) is 36.4 Å². The second-order valence-electron chi connectivity index (χ2n) is 5.79. The van der Waals surface area contributed by atoms with Gasteiger partial charge in [-0.1, -0.05) is 72.3 Å². The fourth-order valence-electron chi connectivity index (χ4n) is 2.55. The minimum Gasteiger partial charge on any atom is -0.478 e. The Morgan fingerprint density at radius 2 is 1.48 bits per heavy atom. The normalized spacial score (nSPS) is 10.7. The van der Waals surface area contributed by atoms with Crippen molar-refractivity contribution in [2.75, 3.05) is 5.32 Å². The van der Waals surface area contributed by atoms with Gasteiger partial charge in [0.2, 0.25) is 0 Å². The number of hydrogen-bond acceptors (Lipinski definition) is 2. The molecule has 3 rings (SSSR count). The number of rotatable bonds is 5. The number of nitrogens with one attached hydrogen (secondary N) is 1. The summed E-state index contributed by atoms with van der Waals surface area (Å²) in [6, 6.07) is 21.1. The fraction of sp³-hybridized carbons (Fsp3) is 0. The molecular weight excluding hydrogens is 362 g/mol. The van der Waals surface area contributed by atoms with Gasteiger partial charge >= 0.3 is 5.97 Å². The van der Waals surface area contributed by atoms with Crippen LogP contribution in [0.25, 0.3) is 12.2 Å². The first kappa shape index (κ1) is 18.4. The van der Waals surface area contributed by atoms with Gasteiger partial charge in [-0.3, -0.25) is 4.79 Å². The number of amides is 1. The molecule has 5 heteroatoms. The van der Waals surface area contributed by atoms with E-state index in [0.29, 0.717) is 5.02 Å². The lowest BCUT2D eigenvalue weighted by Crippen LogP contribution is -2.15. The second-order valence-corrected chi connectivity index (χ2v) is 6.20. The van der Waals surface area contributed by atoms with E-state index < -0.39 is 11.9 Å². The van der Waals surface area contributed by atoms with Gasteiger partial charge in [0.05, 0.1) is 21.8 Å². The van der Waals surface area contributed by atoms with Crippen LogP contribution in [0.3, 0.4) is 0 Å². The van der Waals surface area contributed by atoms with Crippen LogP contribution in [-0.2, 0) is 0 Å². The molecule has 0 aromatic heterocycles. The minimum absolute atomic E-state index is 0.00673. The van der Waals surface area contributed by atoms with E-state index in [4.69, 9.17) is 11.6 Å². The Labute approximate surface area is 161 Å². The number of halogens is 1. The average molecular weight is 378 g/mol. The van der Waals surface area contributed by atoms with Crippen LogP contribution in [-0.4, -0.2) is 17.0 Å². The zero-order valence-corrected chi connectivity index (χ0v) is 15.0. The van der Waals surface area contributed by atoms with Crippen molar-refractivity contribution in [3.05, 3.63) is 100 Å². The van der Waals surface area contributed by atoms with Gasteiger partial charge in [0.1, 0.15) is 0 Å². The molecule has 1 amide bonds. The van der Waals surface area contributed by atoms with E-state index in [1.807, 2.05) is 42.5 Å². The van der Waals surface area contributed by atoms with Gasteiger partial charge in [-0.05, 0) is 35.4 Å². The molecule has 0 aliphatic carbocycles. The monoisotopic (exact) mass is 377 g/mol. The molecule has 2 N–H and O–H groups in total. The molecule has 134 valence electrons. The van der Waals surface area contributed by atoms with Gasteiger partial charge in [-0.25, -0.2) is 4.79 Å². The first-order valence-electron chi connectivity index (χ1n) is 8.21.